The van der Waals surface area contributed by atoms with Crippen molar-refractivity contribution in [2.24, 2.45) is 0 Å². The van der Waals surface area contributed by atoms with Crippen LogP contribution < -0.4 is 10.9 Å². The highest BCUT2D eigenvalue weighted by Gasteiger charge is 2.18. The predicted molar refractivity (Wildman–Crippen MR) is 64.3 cm³/mol. The number of ether oxygens (including phenoxy) is 1. The van der Waals surface area contributed by atoms with E-state index in [-0.39, 0.29) is 13.2 Å². The van der Waals surface area contributed by atoms with Gasteiger partial charge in [0.05, 0.1) is 6.61 Å². The molecule has 1 amide bonds. The number of nitrogens with one attached hydrogen (secondary N) is 2. The van der Waals surface area contributed by atoms with Gasteiger partial charge in [0.15, 0.2) is 0 Å². The molecule has 0 saturated carbocycles. The van der Waals surface area contributed by atoms with E-state index in [1.165, 1.54) is 0 Å². The molecule has 1 unspecified atom stereocenters. The van der Waals surface area contributed by atoms with Crippen LogP contribution in [0.3, 0.4) is 0 Å². The predicted octanol–water partition coefficient (Wildman–Crippen LogP) is 1.26. The third-order valence-corrected chi connectivity index (χ3v) is 2.16. The minimum Gasteiger partial charge on any atom is -0.449 e. The number of carbonyl (C=O) groups is 1. The van der Waals surface area contributed by atoms with Gasteiger partial charge in [-0.25, -0.2) is 10.2 Å². The van der Waals surface area contributed by atoms with E-state index < -0.39 is 17.1 Å². The number of benzene rings is 1. The minimum absolute atomic E-state index is 0.235. The van der Waals surface area contributed by atoms with E-state index >= 15 is 0 Å². The molecule has 0 bridgehead atoms. The summed E-state index contributed by atoms with van der Waals surface area (Å²) in [6.45, 7) is 1.57. The highest BCUT2D eigenvalue weighted by molar-refractivity contribution is 5.66. The summed E-state index contributed by atoms with van der Waals surface area (Å²) in [5, 5.41) is 10.6. The second-order valence-corrected chi connectivity index (χ2v) is 3.47. The Labute approximate surface area is 104 Å². The highest BCUT2D eigenvalue weighted by atomic mass is 16.6. The molecule has 1 aromatic rings. The number of hydrogen-bond acceptors (Lipinski definition) is 5. The maximum atomic E-state index is 11.1. The summed E-state index contributed by atoms with van der Waals surface area (Å²) in [7, 11) is 0. The number of rotatable bonds is 6. The van der Waals surface area contributed by atoms with E-state index in [2.05, 4.69) is 15.6 Å². The van der Waals surface area contributed by atoms with Gasteiger partial charge in [-0.05, 0) is 12.5 Å². The van der Waals surface area contributed by atoms with Crippen molar-refractivity contribution in [1.29, 1.82) is 0 Å². The van der Waals surface area contributed by atoms with E-state index in [4.69, 9.17) is 0 Å². The normalized spacial score (nSPS) is 11.6. The van der Waals surface area contributed by atoms with Gasteiger partial charge in [-0.15, -0.1) is 0 Å². The van der Waals surface area contributed by atoms with Crippen LogP contribution in [0.25, 0.3) is 0 Å². The average Bonchev–Trinajstić information content (AvgIpc) is 2.35. The Hall–Kier alpha value is -2.15. The van der Waals surface area contributed by atoms with E-state index in [0.29, 0.717) is 5.56 Å². The van der Waals surface area contributed by atoms with Crippen LogP contribution in [-0.4, -0.2) is 24.2 Å². The molecule has 2 N–H and O–H groups in total. The Kier molecular flexibility index (Phi) is 5.59. The van der Waals surface area contributed by atoms with Gasteiger partial charge in [0.25, 0.3) is 0 Å². The van der Waals surface area contributed by atoms with Gasteiger partial charge >= 0.3 is 6.09 Å². The van der Waals surface area contributed by atoms with E-state index in [1.807, 2.05) is 6.07 Å². The molecule has 0 heterocycles. The number of carbonyl (C=O) groups excluding carboxylic acids is 1. The topological polar surface area (TPSA) is 93.5 Å². The van der Waals surface area contributed by atoms with Gasteiger partial charge < -0.3 is 4.74 Å². The number of hydrazine groups is 1. The second kappa shape index (κ2) is 7.23. The lowest BCUT2D eigenvalue weighted by Gasteiger charge is -2.15. The van der Waals surface area contributed by atoms with Crippen LogP contribution in [0.5, 0.6) is 0 Å². The fraction of sp³-hybridized carbons (Fsp3) is 0.364. The molecule has 0 aliphatic heterocycles. The fourth-order valence-electron chi connectivity index (χ4n) is 1.38. The number of hydrogen-bond donors (Lipinski definition) is 2. The van der Waals surface area contributed by atoms with Crippen molar-refractivity contribution in [2.45, 2.75) is 13.0 Å². The minimum atomic E-state index is -0.665. The van der Waals surface area contributed by atoms with Crippen LogP contribution >= 0.6 is 0 Å². The molecule has 1 aromatic carbocycles. The van der Waals surface area contributed by atoms with Crippen molar-refractivity contribution in [3.8, 4) is 0 Å². The quantitative estimate of drug-likeness (QED) is 0.588. The molecule has 0 aromatic heterocycles. The van der Waals surface area contributed by atoms with Gasteiger partial charge in [-0.1, -0.05) is 30.3 Å². The van der Waals surface area contributed by atoms with Gasteiger partial charge in [-0.3, -0.25) is 15.5 Å². The first-order valence-corrected chi connectivity index (χ1v) is 5.48. The third-order valence-electron chi connectivity index (χ3n) is 2.16. The molecule has 98 valence electrons. The summed E-state index contributed by atoms with van der Waals surface area (Å²) in [5.41, 5.74) is 5.57. The third kappa shape index (κ3) is 4.79. The SMILES string of the molecule is CCOC(=O)NNC(C[N+](=O)[O-])c1ccccc1. The highest BCUT2D eigenvalue weighted by Crippen LogP contribution is 2.11. The lowest BCUT2D eigenvalue weighted by molar-refractivity contribution is -0.484. The van der Waals surface area contributed by atoms with E-state index in [0.717, 1.165) is 0 Å². The molecule has 0 aliphatic carbocycles. The summed E-state index contributed by atoms with van der Waals surface area (Å²) in [5.74, 6) is 0. The molecule has 0 aliphatic rings. The van der Waals surface area contributed by atoms with Gasteiger partial charge in [-0.2, -0.15) is 0 Å². The summed E-state index contributed by atoms with van der Waals surface area (Å²) >= 11 is 0. The zero-order chi connectivity index (χ0) is 13.4. The average molecular weight is 253 g/mol. The number of amides is 1. The Morgan fingerprint density at radius 3 is 2.67 bits per heavy atom. The van der Waals surface area contributed by atoms with Crippen LogP contribution in [0.4, 0.5) is 4.79 Å². The van der Waals surface area contributed by atoms with E-state index in [9.17, 15) is 14.9 Å². The molecule has 1 atom stereocenters. The van der Waals surface area contributed by atoms with Crippen LogP contribution in [-0.2, 0) is 4.74 Å². The molecule has 0 saturated heterocycles. The second-order valence-electron chi connectivity index (χ2n) is 3.47. The lowest BCUT2D eigenvalue weighted by atomic mass is 10.1. The summed E-state index contributed by atoms with van der Waals surface area (Å²) in [6.07, 6.45) is -0.665. The Bertz CT molecular complexity index is 397. The molecular weight excluding hydrogens is 238 g/mol. The summed E-state index contributed by atoms with van der Waals surface area (Å²) in [6, 6.07) is 8.24. The largest absolute Gasteiger partial charge is 0.449 e. The van der Waals surface area contributed by atoms with Crippen molar-refractivity contribution >= 4 is 6.09 Å². The number of nitro groups is 1. The maximum absolute atomic E-state index is 11.1. The van der Waals surface area contributed by atoms with Crippen molar-refractivity contribution < 1.29 is 14.5 Å². The van der Waals surface area contributed by atoms with Crippen molar-refractivity contribution in [1.82, 2.24) is 10.9 Å². The summed E-state index contributed by atoms with van der Waals surface area (Å²) < 4.78 is 4.65. The fourth-order valence-corrected chi connectivity index (χ4v) is 1.38. The molecule has 18 heavy (non-hydrogen) atoms. The first-order valence-electron chi connectivity index (χ1n) is 5.48. The molecule has 7 heteroatoms. The smallest absolute Gasteiger partial charge is 0.421 e. The monoisotopic (exact) mass is 253 g/mol. The Morgan fingerprint density at radius 1 is 1.44 bits per heavy atom. The zero-order valence-corrected chi connectivity index (χ0v) is 9.96. The molecule has 1 rings (SSSR count). The lowest BCUT2D eigenvalue weighted by Crippen LogP contribution is -2.42. The molecule has 0 fully saturated rings. The molecule has 0 spiro atoms. The maximum Gasteiger partial charge on any atom is 0.421 e. The van der Waals surface area contributed by atoms with Crippen LogP contribution in [0.15, 0.2) is 30.3 Å². The molecule has 7 nitrogen and oxygen atoms in total. The Balaban J connectivity index is 2.62. The van der Waals surface area contributed by atoms with Crippen LogP contribution in [0, 0.1) is 10.1 Å². The van der Waals surface area contributed by atoms with Crippen LogP contribution in [0.2, 0.25) is 0 Å². The molecular formula is C11H15N3O4. The Morgan fingerprint density at radius 2 is 2.11 bits per heavy atom. The van der Waals surface area contributed by atoms with Crippen molar-refractivity contribution in [3.63, 3.8) is 0 Å². The van der Waals surface area contributed by atoms with Crippen LogP contribution in [0.1, 0.15) is 18.5 Å². The standard InChI is InChI=1S/C11H15N3O4/c1-2-18-11(15)13-12-10(8-14(16)17)9-6-4-3-5-7-9/h3-7,10,12H,2,8H2,1H3,(H,13,15). The van der Waals surface area contributed by atoms with Gasteiger partial charge in [0.2, 0.25) is 6.54 Å². The molecule has 0 radical (unpaired) electrons. The number of nitrogens with zero attached hydrogens (tertiary/aromatic N) is 1. The van der Waals surface area contributed by atoms with E-state index in [1.54, 1.807) is 31.2 Å². The van der Waals surface area contributed by atoms with Gasteiger partial charge in [0, 0.05) is 4.92 Å². The first kappa shape index (κ1) is 13.9. The van der Waals surface area contributed by atoms with Crippen molar-refractivity contribution in [2.75, 3.05) is 13.2 Å². The van der Waals surface area contributed by atoms with Gasteiger partial charge in [0.1, 0.15) is 6.04 Å². The zero-order valence-electron chi connectivity index (χ0n) is 9.96. The van der Waals surface area contributed by atoms with Crippen molar-refractivity contribution in [3.05, 3.63) is 46.0 Å². The first-order chi connectivity index (χ1) is 8.63. The summed E-state index contributed by atoms with van der Waals surface area (Å²) in [4.78, 5) is 21.2.